The average Bonchev–Trinajstić information content (AvgIpc) is 2.31. The van der Waals surface area contributed by atoms with Crippen LogP contribution in [0.2, 0.25) is 5.02 Å². The van der Waals surface area contributed by atoms with Crippen molar-refractivity contribution in [2.75, 3.05) is 0 Å². The quantitative estimate of drug-likeness (QED) is 0.817. The Morgan fingerprint density at radius 1 is 1.50 bits per heavy atom. The minimum absolute atomic E-state index is 0.165. The minimum atomic E-state index is -0.402. The Hall–Kier alpha value is -0.950. The number of hydrogen-bond acceptors (Lipinski definition) is 2. The Bertz CT molecular complexity index is 637. The maximum Gasteiger partial charge on any atom is 0.264 e. The third-order valence-electron chi connectivity index (χ3n) is 2.48. The molecular weight excluding hydrogens is 370 g/mol. The van der Waals surface area contributed by atoms with Gasteiger partial charge in [0.2, 0.25) is 0 Å². The van der Waals surface area contributed by atoms with Crippen molar-refractivity contribution in [1.29, 1.82) is 0 Å². The van der Waals surface area contributed by atoms with Gasteiger partial charge in [0.15, 0.2) is 0 Å². The molecule has 2 aromatic rings. The average molecular weight is 379 g/mol. The van der Waals surface area contributed by atoms with E-state index in [0.29, 0.717) is 25.7 Å². The molecule has 0 bridgehead atoms. The first-order valence-electron chi connectivity index (χ1n) is 5.17. The SMILES string of the molecule is Cc1nc(Cc2c(F)cccc2Cl)[nH]c(=O)c1I. The summed E-state index contributed by atoms with van der Waals surface area (Å²) in [5.41, 5.74) is 0.746. The highest BCUT2D eigenvalue weighted by Gasteiger charge is 2.11. The summed E-state index contributed by atoms with van der Waals surface area (Å²) in [6, 6.07) is 4.48. The van der Waals surface area contributed by atoms with Crippen LogP contribution in [0, 0.1) is 16.3 Å². The molecule has 0 amide bonds. The predicted molar refractivity (Wildman–Crippen MR) is 76.5 cm³/mol. The van der Waals surface area contributed by atoms with Crippen molar-refractivity contribution < 1.29 is 4.39 Å². The van der Waals surface area contributed by atoms with Gasteiger partial charge in [-0.1, -0.05) is 17.7 Å². The molecule has 1 aromatic heterocycles. The van der Waals surface area contributed by atoms with E-state index in [-0.39, 0.29) is 12.0 Å². The standard InChI is InChI=1S/C12H9ClFIN2O/c1-6-11(15)12(18)17-10(16-6)5-7-8(13)3-2-4-9(7)14/h2-4H,5H2,1H3,(H,16,17,18). The van der Waals surface area contributed by atoms with Crippen molar-refractivity contribution in [1.82, 2.24) is 9.97 Å². The molecule has 1 aromatic carbocycles. The van der Waals surface area contributed by atoms with Crippen molar-refractivity contribution in [3.8, 4) is 0 Å². The first kappa shape index (κ1) is 13.5. The van der Waals surface area contributed by atoms with Gasteiger partial charge in [0.1, 0.15) is 11.6 Å². The number of nitrogens with zero attached hydrogens (tertiary/aromatic N) is 1. The van der Waals surface area contributed by atoms with Crippen LogP contribution in [-0.2, 0) is 6.42 Å². The Morgan fingerprint density at radius 3 is 2.83 bits per heavy atom. The molecule has 1 heterocycles. The number of aromatic nitrogens is 2. The molecule has 0 saturated heterocycles. The van der Waals surface area contributed by atoms with E-state index < -0.39 is 5.82 Å². The van der Waals surface area contributed by atoms with Gasteiger partial charge in [0.25, 0.3) is 5.56 Å². The molecule has 0 fully saturated rings. The Kier molecular flexibility index (Phi) is 4.01. The van der Waals surface area contributed by atoms with Gasteiger partial charge < -0.3 is 4.98 Å². The van der Waals surface area contributed by atoms with E-state index >= 15 is 0 Å². The lowest BCUT2D eigenvalue weighted by atomic mass is 10.1. The van der Waals surface area contributed by atoms with Crippen LogP contribution in [0.3, 0.4) is 0 Å². The fourth-order valence-electron chi connectivity index (χ4n) is 1.58. The van der Waals surface area contributed by atoms with Crippen molar-refractivity contribution in [3.05, 3.63) is 60.0 Å². The third kappa shape index (κ3) is 2.72. The smallest absolute Gasteiger partial charge is 0.264 e. The first-order chi connectivity index (χ1) is 8.49. The highest BCUT2D eigenvalue weighted by Crippen LogP contribution is 2.21. The molecule has 0 saturated carbocycles. The first-order valence-corrected chi connectivity index (χ1v) is 6.63. The molecule has 0 aliphatic carbocycles. The molecule has 0 unspecified atom stereocenters. The molecule has 3 nitrogen and oxygen atoms in total. The third-order valence-corrected chi connectivity index (χ3v) is 4.11. The monoisotopic (exact) mass is 378 g/mol. The second-order valence-electron chi connectivity index (χ2n) is 3.79. The number of hydrogen-bond donors (Lipinski definition) is 1. The summed E-state index contributed by atoms with van der Waals surface area (Å²) >= 11 is 7.85. The lowest BCUT2D eigenvalue weighted by molar-refractivity contribution is 0.612. The predicted octanol–water partition coefficient (Wildman–Crippen LogP) is 3.07. The van der Waals surface area contributed by atoms with Crippen molar-refractivity contribution in [2.24, 2.45) is 0 Å². The van der Waals surface area contributed by atoms with Crippen LogP contribution in [0.4, 0.5) is 4.39 Å². The summed E-state index contributed by atoms with van der Waals surface area (Å²) < 4.78 is 14.1. The number of aryl methyl sites for hydroxylation is 1. The zero-order valence-electron chi connectivity index (χ0n) is 9.43. The maximum absolute atomic E-state index is 13.6. The van der Waals surface area contributed by atoms with E-state index in [9.17, 15) is 9.18 Å². The van der Waals surface area contributed by atoms with Gasteiger partial charge in [-0.05, 0) is 41.6 Å². The zero-order valence-corrected chi connectivity index (χ0v) is 12.3. The highest BCUT2D eigenvalue weighted by atomic mass is 127. The molecule has 94 valence electrons. The van der Waals surface area contributed by atoms with E-state index in [2.05, 4.69) is 9.97 Å². The molecule has 2 rings (SSSR count). The summed E-state index contributed by atoms with van der Waals surface area (Å²) in [5.74, 6) is 0.00580. The second kappa shape index (κ2) is 5.36. The fourth-order valence-corrected chi connectivity index (χ4v) is 2.07. The Labute approximate surface area is 122 Å². The van der Waals surface area contributed by atoms with Gasteiger partial charge in [-0.15, -0.1) is 0 Å². The molecule has 0 radical (unpaired) electrons. The van der Waals surface area contributed by atoms with Crippen LogP contribution >= 0.6 is 34.2 Å². The van der Waals surface area contributed by atoms with Crippen molar-refractivity contribution in [3.63, 3.8) is 0 Å². The van der Waals surface area contributed by atoms with E-state index in [1.54, 1.807) is 13.0 Å². The van der Waals surface area contributed by atoms with Gasteiger partial charge in [-0.3, -0.25) is 4.79 Å². The van der Waals surface area contributed by atoms with E-state index in [0.717, 1.165) is 0 Å². The summed E-state index contributed by atoms with van der Waals surface area (Å²) in [6.07, 6.45) is 0.165. The molecule has 0 spiro atoms. The summed E-state index contributed by atoms with van der Waals surface area (Å²) in [4.78, 5) is 18.4. The minimum Gasteiger partial charge on any atom is -0.309 e. The van der Waals surface area contributed by atoms with Crippen LogP contribution in [0.5, 0.6) is 0 Å². The topological polar surface area (TPSA) is 45.8 Å². The number of aromatic amines is 1. The van der Waals surface area contributed by atoms with Crippen LogP contribution in [0.15, 0.2) is 23.0 Å². The van der Waals surface area contributed by atoms with Crippen LogP contribution in [0.25, 0.3) is 0 Å². The van der Waals surface area contributed by atoms with Crippen LogP contribution < -0.4 is 5.56 Å². The lowest BCUT2D eigenvalue weighted by Gasteiger charge is -2.06. The number of halogens is 3. The van der Waals surface area contributed by atoms with Gasteiger partial charge in [0.05, 0.1) is 9.26 Å². The number of H-pyrrole nitrogens is 1. The van der Waals surface area contributed by atoms with Crippen molar-refractivity contribution >= 4 is 34.2 Å². The van der Waals surface area contributed by atoms with E-state index in [4.69, 9.17) is 11.6 Å². The molecule has 1 N–H and O–H groups in total. The second-order valence-corrected chi connectivity index (χ2v) is 5.27. The summed E-state index contributed by atoms with van der Waals surface area (Å²) in [6.45, 7) is 1.74. The highest BCUT2D eigenvalue weighted by molar-refractivity contribution is 14.1. The molecule has 0 aliphatic rings. The summed E-state index contributed by atoms with van der Waals surface area (Å²) in [7, 11) is 0. The van der Waals surface area contributed by atoms with Gasteiger partial charge in [-0.2, -0.15) is 0 Å². The number of benzene rings is 1. The normalized spacial score (nSPS) is 10.7. The number of nitrogens with one attached hydrogen (secondary N) is 1. The number of rotatable bonds is 2. The van der Waals surface area contributed by atoms with Crippen LogP contribution in [-0.4, -0.2) is 9.97 Å². The fraction of sp³-hybridized carbons (Fsp3) is 0.167. The molecule has 0 aliphatic heterocycles. The molecule has 0 atom stereocenters. The molecule has 6 heteroatoms. The van der Waals surface area contributed by atoms with Gasteiger partial charge in [-0.25, -0.2) is 9.37 Å². The Balaban J connectivity index is 2.44. The van der Waals surface area contributed by atoms with E-state index in [1.165, 1.54) is 12.1 Å². The van der Waals surface area contributed by atoms with Gasteiger partial charge in [0, 0.05) is 17.0 Å². The van der Waals surface area contributed by atoms with Gasteiger partial charge >= 0.3 is 0 Å². The molecular formula is C12H9ClFIN2O. The zero-order chi connectivity index (χ0) is 13.3. The van der Waals surface area contributed by atoms with Crippen LogP contribution in [0.1, 0.15) is 17.1 Å². The largest absolute Gasteiger partial charge is 0.309 e. The molecule has 18 heavy (non-hydrogen) atoms. The van der Waals surface area contributed by atoms with E-state index in [1.807, 2.05) is 22.6 Å². The maximum atomic E-state index is 13.6. The lowest BCUT2D eigenvalue weighted by Crippen LogP contribution is -2.17. The Morgan fingerprint density at radius 2 is 2.22 bits per heavy atom. The van der Waals surface area contributed by atoms with Crippen molar-refractivity contribution in [2.45, 2.75) is 13.3 Å². The summed E-state index contributed by atoms with van der Waals surface area (Å²) in [5, 5.41) is 0.328.